The first-order chi connectivity index (χ1) is 5.52. The summed E-state index contributed by atoms with van der Waals surface area (Å²) in [6.45, 7) is 16.1. The summed E-state index contributed by atoms with van der Waals surface area (Å²) < 4.78 is 0. The average molecular weight is 166 g/mol. The van der Waals surface area contributed by atoms with E-state index in [9.17, 15) is 0 Å². The van der Waals surface area contributed by atoms with Crippen LogP contribution in [-0.4, -0.2) is 0 Å². The second-order valence-corrected chi connectivity index (χ2v) is 2.96. The molecule has 0 N–H and O–H groups in total. The van der Waals surface area contributed by atoms with Crippen LogP contribution in [-0.2, 0) is 0 Å². The van der Waals surface area contributed by atoms with E-state index in [1.54, 1.807) is 0 Å². The first-order valence-corrected chi connectivity index (χ1v) is 4.51. The van der Waals surface area contributed by atoms with E-state index in [-0.39, 0.29) is 0 Å². The van der Waals surface area contributed by atoms with E-state index >= 15 is 0 Å². The molecule has 12 heavy (non-hydrogen) atoms. The van der Waals surface area contributed by atoms with Crippen molar-refractivity contribution in [3.63, 3.8) is 0 Å². The Morgan fingerprint density at radius 1 is 0.917 bits per heavy atom. The Balaban J connectivity index is 0. The summed E-state index contributed by atoms with van der Waals surface area (Å²) in [5.74, 6) is 0. The maximum atomic E-state index is 3.80. The molecule has 0 atom stereocenters. The van der Waals surface area contributed by atoms with Crippen molar-refractivity contribution < 1.29 is 0 Å². The summed E-state index contributed by atoms with van der Waals surface area (Å²) in [7, 11) is 0. The Morgan fingerprint density at radius 3 is 1.58 bits per heavy atom. The molecule has 0 saturated carbocycles. The van der Waals surface area contributed by atoms with Crippen LogP contribution < -0.4 is 0 Å². The maximum absolute atomic E-state index is 3.80. The molecule has 0 aliphatic rings. The minimum Gasteiger partial charge on any atom is -0.0961 e. The van der Waals surface area contributed by atoms with Crippen molar-refractivity contribution in [3.05, 3.63) is 35.5 Å². The second kappa shape index (κ2) is 8.32. The lowest BCUT2D eigenvalue weighted by Crippen LogP contribution is -1.72. The van der Waals surface area contributed by atoms with E-state index in [4.69, 9.17) is 0 Å². The molecule has 0 rings (SSSR count). The molecule has 0 aliphatic carbocycles. The summed E-state index contributed by atoms with van der Waals surface area (Å²) in [6.07, 6.45) is 4.22. The molecule has 0 heterocycles. The van der Waals surface area contributed by atoms with Gasteiger partial charge in [0.15, 0.2) is 0 Å². The van der Waals surface area contributed by atoms with Gasteiger partial charge in [0.25, 0.3) is 0 Å². The van der Waals surface area contributed by atoms with Crippen molar-refractivity contribution in [2.75, 3.05) is 0 Å². The van der Waals surface area contributed by atoms with Gasteiger partial charge in [-0.2, -0.15) is 0 Å². The molecule has 0 aliphatic heterocycles. The Bertz CT molecular complexity index is 176. The molecule has 0 aromatic carbocycles. The highest BCUT2D eigenvalue weighted by molar-refractivity contribution is 5.27. The third kappa shape index (κ3) is 12.0. The van der Waals surface area contributed by atoms with Gasteiger partial charge in [0.1, 0.15) is 0 Å². The van der Waals surface area contributed by atoms with Crippen molar-refractivity contribution >= 4 is 0 Å². The van der Waals surface area contributed by atoms with Crippen molar-refractivity contribution in [3.8, 4) is 0 Å². The molecule has 0 saturated heterocycles. The minimum atomic E-state index is 1.11. The predicted molar refractivity (Wildman–Crippen MR) is 59.4 cm³/mol. The van der Waals surface area contributed by atoms with Crippen LogP contribution in [0.3, 0.4) is 0 Å². The lowest BCUT2D eigenvalue weighted by Gasteiger charge is -1.93. The highest BCUT2D eigenvalue weighted by Crippen LogP contribution is 2.03. The number of allylic oxidation sites excluding steroid dienone is 5. The van der Waals surface area contributed by atoms with Gasteiger partial charge in [-0.15, -0.1) is 0 Å². The predicted octanol–water partition coefficient (Wildman–Crippen LogP) is 4.50. The molecule has 0 radical (unpaired) electrons. The maximum Gasteiger partial charge on any atom is -0.0398 e. The highest BCUT2D eigenvalue weighted by Gasteiger charge is 1.82. The van der Waals surface area contributed by atoms with E-state index in [2.05, 4.69) is 39.5 Å². The number of hydrogen-bond donors (Lipinski definition) is 0. The van der Waals surface area contributed by atoms with Gasteiger partial charge in [-0.05, 0) is 27.7 Å². The van der Waals surface area contributed by atoms with E-state index in [0.717, 1.165) is 5.57 Å². The van der Waals surface area contributed by atoms with Crippen LogP contribution in [0.5, 0.6) is 0 Å². The molecular weight excluding hydrogens is 144 g/mol. The van der Waals surface area contributed by atoms with Crippen LogP contribution in [0, 0.1) is 0 Å². The van der Waals surface area contributed by atoms with Gasteiger partial charge >= 0.3 is 0 Å². The van der Waals surface area contributed by atoms with E-state index in [1.807, 2.05) is 20.8 Å². The van der Waals surface area contributed by atoms with Gasteiger partial charge in [0, 0.05) is 0 Å². The van der Waals surface area contributed by atoms with Gasteiger partial charge < -0.3 is 0 Å². The molecule has 70 valence electrons. The molecular formula is C12H22. The molecule has 0 amide bonds. The number of hydrogen-bond acceptors (Lipinski definition) is 0. The molecule has 0 nitrogen and oxygen atoms in total. The fourth-order valence-electron chi connectivity index (χ4n) is 0.886. The zero-order valence-electron chi connectivity index (χ0n) is 9.36. The van der Waals surface area contributed by atoms with Crippen LogP contribution in [0.1, 0.15) is 41.5 Å². The third-order valence-corrected chi connectivity index (χ3v) is 0.990. The van der Waals surface area contributed by atoms with Gasteiger partial charge in [-0.3, -0.25) is 0 Å². The summed E-state index contributed by atoms with van der Waals surface area (Å²) in [6, 6.07) is 0. The van der Waals surface area contributed by atoms with Crippen LogP contribution in [0.15, 0.2) is 35.5 Å². The average Bonchev–Trinajstić information content (AvgIpc) is 1.87. The van der Waals surface area contributed by atoms with Gasteiger partial charge in [-0.1, -0.05) is 49.3 Å². The second-order valence-electron chi connectivity index (χ2n) is 2.96. The van der Waals surface area contributed by atoms with Crippen molar-refractivity contribution in [2.45, 2.75) is 41.5 Å². The number of rotatable bonds is 2. The molecule has 0 aromatic heterocycles. The van der Waals surface area contributed by atoms with E-state index < -0.39 is 0 Å². The van der Waals surface area contributed by atoms with E-state index in [0.29, 0.717) is 0 Å². The first-order valence-electron chi connectivity index (χ1n) is 4.51. The SMILES string of the molecule is C=C(C)/C=C(/C)C=C(C)C.CC. The van der Waals surface area contributed by atoms with Gasteiger partial charge in [-0.25, -0.2) is 0 Å². The van der Waals surface area contributed by atoms with Crippen LogP contribution >= 0.6 is 0 Å². The van der Waals surface area contributed by atoms with Gasteiger partial charge in [0.2, 0.25) is 0 Å². The summed E-state index contributed by atoms with van der Waals surface area (Å²) in [4.78, 5) is 0. The Hall–Kier alpha value is -0.780. The summed E-state index contributed by atoms with van der Waals surface area (Å²) in [5, 5.41) is 0. The monoisotopic (exact) mass is 166 g/mol. The molecule has 0 aromatic rings. The normalized spacial score (nSPS) is 9.67. The highest BCUT2D eigenvalue weighted by atomic mass is 13.9. The van der Waals surface area contributed by atoms with Crippen LogP contribution in [0.4, 0.5) is 0 Å². The summed E-state index contributed by atoms with van der Waals surface area (Å²) >= 11 is 0. The third-order valence-electron chi connectivity index (χ3n) is 0.990. The zero-order chi connectivity index (χ0) is 10.1. The lowest BCUT2D eigenvalue weighted by molar-refractivity contribution is 1.34. The van der Waals surface area contributed by atoms with Crippen LogP contribution in [0.2, 0.25) is 0 Å². The molecule has 0 spiro atoms. The molecule has 0 bridgehead atoms. The molecule has 0 heteroatoms. The van der Waals surface area contributed by atoms with Crippen molar-refractivity contribution in [2.24, 2.45) is 0 Å². The minimum absolute atomic E-state index is 1.11. The van der Waals surface area contributed by atoms with Crippen molar-refractivity contribution in [1.29, 1.82) is 0 Å². The van der Waals surface area contributed by atoms with E-state index in [1.165, 1.54) is 11.1 Å². The molecule has 0 fully saturated rings. The topological polar surface area (TPSA) is 0 Å². The Labute approximate surface area is 77.7 Å². The zero-order valence-corrected chi connectivity index (χ0v) is 9.36. The molecule has 0 unspecified atom stereocenters. The fourth-order valence-corrected chi connectivity index (χ4v) is 0.886. The smallest absolute Gasteiger partial charge is 0.0398 e. The van der Waals surface area contributed by atoms with Gasteiger partial charge in [0.05, 0.1) is 0 Å². The fraction of sp³-hybridized carbons (Fsp3) is 0.500. The first kappa shape index (κ1) is 13.8. The largest absolute Gasteiger partial charge is 0.0961 e. The lowest BCUT2D eigenvalue weighted by atomic mass is 10.1. The Morgan fingerprint density at radius 2 is 1.33 bits per heavy atom. The van der Waals surface area contributed by atoms with Crippen molar-refractivity contribution in [1.82, 2.24) is 0 Å². The standard InChI is InChI=1S/C10H16.C2H6/c1-8(2)6-10(5)7-9(3)4;1-2/h6-7H,1H2,2-5H3;1-2H3/b10-6-;. The summed E-state index contributed by atoms with van der Waals surface area (Å²) in [5.41, 5.74) is 3.71. The quantitative estimate of drug-likeness (QED) is 0.530. The Kier molecular flexibility index (Phi) is 9.56. The van der Waals surface area contributed by atoms with Crippen LogP contribution in [0.25, 0.3) is 0 Å².